The van der Waals surface area contributed by atoms with Gasteiger partial charge >= 0.3 is 12.3 Å². The van der Waals surface area contributed by atoms with Crippen molar-refractivity contribution in [2.75, 3.05) is 0 Å². The summed E-state index contributed by atoms with van der Waals surface area (Å²) in [4.78, 5) is 11.6. The number of ether oxygens (including phenoxy) is 1. The lowest BCUT2D eigenvalue weighted by atomic mass is 10.1. The number of amides is 1. The molecule has 0 aliphatic rings. The molecule has 0 aliphatic heterocycles. The number of hydrogen-bond donors (Lipinski definition) is 2. The quantitative estimate of drug-likeness (QED) is 0.723. The molecule has 0 aliphatic carbocycles. The van der Waals surface area contributed by atoms with E-state index in [1.54, 1.807) is 26.8 Å². The van der Waals surface area contributed by atoms with Crippen molar-refractivity contribution in [3.63, 3.8) is 0 Å². The Morgan fingerprint density at radius 2 is 1.46 bits per heavy atom. The molecule has 152 valence electrons. The van der Waals surface area contributed by atoms with Gasteiger partial charge in [-0.2, -0.15) is 13.2 Å². The molecule has 2 aromatic rings. The van der Waals surface area contributed by atoms with Gasteiger partial charge in [0.15, 0.2) is 0 Å². The number of rotatable bonds is 6. The molecule has 0 saturated heterocycles. The van der Waals surface area contributed by atoms with E-state index in [2.05, 4.69) is 10.6 Å². The molecule has 0 bridgehead atoms. The average molecular weight is 394 g/mol. The lowest BCUT2D eigenvalue weighted by molar-refractivity contribution is -0.138. The molecule has 4 nitrogen and oxygen atoms in total. The van der Waals surface area contributed by atoms with Crippen LogP contribution < -0.4 is 10.6 Å². The van der Waals surface area contributed by atoms with Crippen molar-refractivity contribution in [3.05, 3.63) is 70.8 Å². The first-order chi connectivity index (χ1) is 13.0. The molecular formula is C21H25F3N2O2. The number of benzene rings is 2. The summed E-state index contributed by atoms with van der Waals surface area (Å²) in [5.41, 5.74) is 0.881. The largest absolute Gasteiger partial charge is 0.444 e. The van der Waals surface area contributed by atoms with Crippen LogP contribution >= 0.6 is 0 Å². The molecule has 0 atom stereocenters. The number of alkyl carbamates (subject to hydrolysis) is 1. The number of carbonyl (C=O) groups excluding carboxylic acids is 1. The summed E-state index contributed by atoms with van der Waals surface area (Å²) in [5.74, 6) is 0. The smallest absolute Gasteiger partial charge is 0.416 e. The van der Waals surface area contributed by atoms with E-state index in [-0.39, 0.29) is 12.1 Å². The first-order valence-corrected chi connectivity index (χ1v) is 8.95. The van der Waals surface area contributed by atoms with E-state index in [1.165, 1.54) is 12.1 Å². The minimum atomic E-state index is -4.36. The van der Waals surface area contributed by atoms with Gasteiger partial charge in [0, 0.05) is 19.6 Å². The number of hydrogen-bond acceptors (Lipinski definition) is 3. The van der Waals surface area contributed by atoms with Gasteiger partial charge in [-0.05, 0) is 43.5 Å². The van der Waals surface area contributed by atoms with E-state index in [4.69, 9.17) is 4.74 Å². The maximum atomic E-state index is 13.0. The number of carbonyl (C=O) groups is 1. The molecule has 28 heavy (non-hydrogen) atoms. The standard InChI is InChI=1S/C21H25F3N2O2/c1-20(2,3)28-19(27)26-13-16-10-8-15(9-11-16)12-25-14-17-6-4-5-7-18(17)21(22,23)24/h4-11,25H,12-14H2,1-3H3,(H,26,27). The van der Waals surface area contributed by atoms with Gasteiger partial charge in [0.25, 0.3) is 0 Å². The summed E-state index contributed by atoms with van der Waals surface area (Å²) in [6, 6.07) is 13.0. The van der Waals surface area contributed by atoms with E-state index in [0.717, 1.165) is 17.2 Å². The van der Waals surface area contributed by atoms with Crippen LogP contribution in [0.15, 0.2) is 48.5 Å². The Balaban J connectivity index is 1.83. The molecule has 2 rings (SSSR count). The molecule has 0 unspecified atom stereocenters. The fourth-order valence-corrected chi connectivity index (χ4v) is 2.56. The molecule has 0 radical (unpaired) electrons. The van der Waals surface area contributed by atoms with Crippen molar-refractivity contribution in [2.45, 2.75) is 52.2 Å². The van der Waals surface area contributed by atoms with E-state index in [0.29, 0.717) is 13.1 Å². The maximum absolute atomic E-state index is 13.0. The number of alkyl halides is 3. The molecule has 0 heterocycles. The lowest BCUT2D eigenvalue weighted by Gasteiger charge is -2.19. The Hall–Kier alpha value is -2.54. The van der Waals surface area contributed by atoms with E-state index in [9.17, 15) is 18.0 Å². The van der Waals surface area contributed by atoms with Gasteiger partial charge in [0.05, 0.1) is 5.56 Å². The van der Waals surface area contributed by atoms with Gasteiger partial charge in [0.2, 0.25) is 0 Å². The summed E-state index contributed by atoms with van der Waals surface area (Å²) in [6.45, 7) is 6.27. The maximum Gasteiger partial charge on any atom is 0.416 e. The minimum Gasteiger partial charge on any atom is -0.444 e. The third kappa shape index (κ3) is 7.23. The minimum absolute atomic E-state index is 0.123. The highest BCUT2D eigenvalue weighted by Crippen LogP contribution is 2.31. The molecular weight excluding hydrogens is 369 g/mol. The zero-order valence-electron chi connectivity index (χ0n) is 16.2. The Morgan fingerprint density at radius 3 is 2.04 bits per heavy atom. The third-order valence-electron chi connectivity index (χ3n) is 3.83. The van der Waals surface area contributed by atoms with Crippen molar-refractivity contribution in [2.24, 2.45) is 0 Å². The monoisotopic (exact) mass is 394 g/mol. The molecule has 7 heteroatoms. The van der Waals surface area contributed by atoms with Crippen molar-refractivity contribution < 1.29 is 22.7 Å². The molecule has 0 fully saturated rings. The zero-order valence-corrected chi connectivity index (χ0v) is 16.2. The van der Waals surface area contributed by atoms with Crippen LogP contribution in [0.3, 0.4) is 0 Å². The van der Waals surface area contributed by atoms with Crippen LogP contribution in [-0.2, 0) is 30.5 Å². The van der Waals surface area contributed by atoms with Crippen LogP contribution in [0.25, 0.3) is 0 Å². The van der Waals surface area contributed by atoms with Gasteiger partial charge in [-0.25, -0.2) is 4.79 Å². The van der Waals surface area contributed by atoms with Gasteiger partial charge < -0.3 is 15.4 Å². The molecule has 1 amide bonds. The highest BCUT2D eigenvalue weighted by Gasteiger charge is 2.32. The molecule has 0 aromatic heterocycles. The summed E-state index contributed by atoms with van der Waals surface area (Å²) >= 11 is 0. The van der Waals surface area contributed by atoms with Gasteiger partial charge in [0.1, 0.15) is 5.60 Å². The van der Waals surface area contributed by atoms with Crippen LogP contribution in [0, 0.1) is 0 Å². The van der Waals surface area contributed by atoms with Crippen molar-refractivity contribution >= 4 is 6.09 Å². The topological polar surface area (TPSA) is 50.4 Å². The highest BCUT2D eigenvalue weighted by atomic mass is 19.4. The Bertz CT molecular complexity index is 781. The number of nitrogens with one attached hydrogen (secondary N) is 2. The first kappa shape index (κ1) is 21.8. The predicted molar refractivity (Wildman–Crippen MR) is 102 cm³/mol. The second-order valence-electron chi connectivity index (χ2n) is 7.43. The van der Waals surface area contributed by atoms with E-state index >= 15 is 0 Å². The predicted octanol–water partition coefficient (Wildman–Crippen LogP) is 5.02. The van der Waals surface area contributed by atoms with Gasteiger partial charge in [-0.1, -0.05) is 42.5 Å². The Labute approximate surface area is 163 Å². The summed E-state index contributed by atoms with van der Waals surface area (Å²) < 4.78 is 44.2. The molecule has 0 spiro atoms. The second kappa shape index (κ2) is 9.10. The Morgan fingerprint density at radius 1 is 0.893 bits per heavy atom. The second-order valence-corrected chi connectivity index (χ2v) is 7.43. The molecule has 0 saturated carbocycles. The van der Waals surface area contributed by atoms with Crippen LogP contribution in [0.4, 0.5) is 18.0 Å². The molecule has 2 N–H and O–H groups in total. The normalized spacial score (nSPS) is 11.9. The van der Waals surface area contributed by atoms with Crippen LogP contribution in [0.5, 0.6) is 0 Å². The van der Waals surface area contributed by atoms with Crippen molar-refractivity contribution in [1.29, 1.82) is 0 Å². The van der Waals surface area contributed by atoms with Crippen molar-refractivity contribution in [3.8, 4) is 0 Å². The average Bonchev–Trinajstić information content (AvgIpc) is 2.59. The van der Waals surface area contributed by atoms with E-state index in [1.807, 2.05) is 24.3 Å². The van der Waals surface area contributed by atoms with Gasteiger partial charge in [-0.3, -0.25) is 0 Å². The SMILES string of the molecule is CC(C)(C)OC(=O)NCc1ccc(CNCc2ccccc2C(F)(F)F)cc1. The van der Waals surface area contributed by atoms with E-state index < -0.39 is 23.4 Å². The summed E-state index contributed by atoms with van der Waals surface area (Å²) in [6.07, 6.45) is -4.84. The first-order valence-electron chi connectivity index (χ1n) is 8.95. The zero-order chi connectivity index (χ0) is 20.8. The van der Waals surface area contributed by atoms with Crippen LogP contribution in [0.1, 0.15) is 43.0 Å². The van der Waals surface area contributed by atoms with Crippen LogP contribution in [0.2, 0.25) is 0 Å². The lowest BCUT2D eigenvalue weighted by Crippen LogP contribution is -2.32. The third-order valence-corrected chi connectivity index (χ3v) is 3.83. The fourth-order valence-electron chi connectivity index (χ4n) is 2.56. The highest BCUT2D eigenvalue weighted by molar-refractivity contribution is 5.67. The fraction of sp³-hybridized carbons (Fsp3) is 0.381. The Kier molecular flexibility index (Phi) is 7.07. The van der Waals surface area contributed by atoms with Gasteiger partial charge in [-0.15, -0.1) is 0 Å². The van der Waals surface area contributed by atoms with Crippen molar-refractivity contribution in [1.82, 2.24) is 10.6 Å². The summed E-state index contributed by atoms with van der Waals surface area (Å²) in [5, 5.41) is 5.71. The number of halogens is 3. The summed E-state index contributed by atoms with van der Waals surface area (Å²) in [7, 11) is 0. The molecule has 2 aromatic carbocycles. The van der Waals surface area contributed by atoms with Crippen LogP contribution in [-0.4, -0.2) is 11.7 Å².